The molecule has 12 rings (SSSR count). The Morgan fingerprint density at radius 3 is 0.265 bits per heavy atom. The standard InChI is InChI=1S/4C18H15P.4ClH.H2O.2Os/c4*1-4-10-16(11-5-1)19(17-12-6-2-7-13-17)18-14-8-3-9-15-18;;;;;;;/h4*1-15H;4*1H;1H2;;/q;;;;;;;;;2*+2/p-4. The van der Waals surface area contributed by atoms with Gasteiger partial charge in [0.2, 0.25) is 0 Å². The van der Waals surface area contributed by atoms with Crippen LogP contribution in [0.3, 0.4) is 0 Å². The van der Waals surface area contributed by atoms with Crippen LogP contribution in [-0.2, 0) is 30.8 Å². The first-order valence-corrected chi connectivity index (χ1v) is 44.1. The minimum atomic E-state index is -0.639. The van der Waals surface area contributed by atoms with E-state index in [9.17, 15) is 0 Å². The summed E-state index contributed by atoms with van der Waals surface area (Å²) < 4.78 is 0. The smallest absolute Gasteiger partial charge is 0.0134 e. The van der Waals surface area contributed by atoms with Crippen molar-refractivity contribution in [3.05, 3.63) is 364 Å². The zero-order chi connectivity index (χ0) is 57.1. The maximum atomic E-state index is 4.90. The van der Waals surface area contributed by atoms with Gasteiger partial charge in [-0.25, -0.2) is 0 Å². The second-order valence-corrected chi connectivity index (χ2v) is 33.7. The maximum Gasteiger partial charge on any atom is -0.0134 e. The van der Waals surface area contributed by atoms with Gasteiger partial charge < -0.3 is 5.48 Å². The Hall–Kier alpha value is -5.25. The van der Waals surface area contributed by atoms with Crippen molar-refractivity contribution in [2.24, 2.45) is 0 Å². The molecule has 0 bridgehead atoms. The van der Waals surface area contributed by atoms with Crippen molar-refractivity contribution in [1.29, 1.82) is 0 Å². The monoisotopic (exact) mass is 1590 g/mol. The Bertz CT molecular complexity index is 2650. The Kier molecular flexibility index (Phi) is 32.3. The fraction of sp³-hybridized carbons (Fsp3) is 0. The Balaban J connectivity index is 0.000000171. The number of benzene rings is 12. The van der Waals surface area contributed by atoms with Crippen LogP contribution >= 0.6 is 70.2 Å². The van der Waals surface area contributed by atoms with E-state index in [4.69, 9.17) is 38.6 Å². The topological polar surface area (TPSA) is 31.5 Å². The molecule has 12 aromatic carbocycles. The van der Waals surface area contributed by atoms with E-state index in [2.05, 4.69) is 364 Å². The van der Waals surface area contributed by atoms with Gasteiger partial charge in [-0.15, -0.1) is 0 Å². The van der Waals surface area contributed by atoms with E-state index in [0.29, 0.717) is 0 Å². The molecule has 2 N–H and O–H groups in total. The van der Waals surface area contributed by atoms with Crippen molar-refractivity contribution in [3.8, 4) is 0 Å². The summed E-state index contributed by atoms with van der Waals surface area (Å²) in [4.78, 5) is 0. The predicted molar refractivity (Wildman–Crippen MR) is 368 cm³/mol. The molecule has 0 aliphatic rings. The van der Waals surface area contributed by atoms with Gasteiger partial charge in [-0.2, -0.15) is 0 Å². The van der Waals surface area contributed by atoms with E-state index in [0.717, 1.165) is 0 Å². The summed E-state index contributed by atoms with van der Waals surface area (Å²) in [6, 6.07) is 129. The third-order valence-electron chi connectivity index (χ3n) is 12.2. The van der Waals surface area contributed by atoms with Gasteiger partial charge in [-0.3, -0.25) is 0 Å². The first kappa shape index (κ1) is 66.9. The van der Waals surface area contributed by atoms with Crippen LogP contribution in [-0.4, -0.2) is 5.48 Å². The molecular weight excluding hydrogens is 1530 g/mol. The third kappa shape index (κ3) is 22.3. The van der Waals surface area contributed by atoms with Gasteiger partial charge in [0.1, 0.15) is 0 Å². The third-order valence-corrected chi connectivity index (χ3v) is 21.9. The van der Waals surface area contributed by atoms with Gasteiger partial charge in [0, 0.05) is 0 Å². The molecule has 1 nitrogen and oxygen atoms in total. The van der Waals surface area contributed by atoms with Gasteiger partial charge in [0.25, 0.3) is 0 Å². The van der Waals surface area contributed by atoms with Crippen LogP contribution in [0, 0.1) is 0 Å². The molecule has 0 aliphatic carbocycles. The average Bonchev–Trinajstić information content (AvgIpc) is 3.57. The van der Waals surface area contributed by atoms with Crippen LogP contribution in [0.1, 0.15) is 0 Å². The van der Waals surface area contributed by atoms with Crippen molar-refractivity contribution in [3.63, 3.8) is 0 Å². The largest absolute Gasteiger partial charge is 0.0622 e. The predicted octanol–water partition coefficient (Wildman–Crippen LogP) is 15.7. The van der Waals surface area contributed by atoms with Crippen molar-refractivity contribution in [1.82, 2.24) is 0 Å². The molecule has 12 aromatic rings. The van der Waals surface area contributed by atoms with Gasteiger partial charge >= 0.3 is 69.4 Å². The van der Waals surface area contributed by atoms with Crippen molar-refractivity contribution in [2.45, 2.75) is 0 Å². The van der Waals surface area contributed by atoms with Crippen LogP contribution in [0.2, 0.25) is 0 Å². The molecule has 0 unspecified atom stereocenters. The minimum Gasteiger partial charge on any atom is -0.0622 e. The molecule has 0 heterocycles. The Morgan fingerprint density at radius 2 is 0.205 bits per heavy atom. The van der Waals surface area contributed by atoms with Crippen LogP contribution < -0.4 is 63.7 Å². The van der Waals surface area contributed by atoms with Crippen LogP contribution in [0.15, 0.2) is 364 Å². The van der Waals surface area contributed by atoms with Crippen molar-refractivity contribution in [2.75, 3.05) is 0 Å². The van der Waals surface area contributed by atoms with E-state index >= 15 is 0 Å². The molecule has 420 valence electrons. The Morgan fingerprint density at radius 1 is 0.145 bits per heavy atom. The zero-order valence-corrected chi connectivity index (χ0v) is 56.8. The molecule has 0 aliphatic heterocycles. The molecule has 11 heteroatoms. The van der Waals surface area contributed by atoms with Gasteiger partial charge in [0.05, 0.1) is 0 Å². The molecular formula is C72H62Cl4OOs2P4. The second-order valence-electron chi connectivity index (χ2n) is 17.5. The summed E-state index contributed by atoms with van der Waals surface area (Å²) in [7, 11) is 17.8. The van der Waals surface area contributed by atoms with Crippen LogP contribution in [0.4, 0.5) is 0 Å². The number of hydrogen-bond acceptors (Lipinski definition) is 0. The number of hydrogen-bond donors (Lipinski definition) is 0. The molecule has 0 saturated carbocycles. The molecule has 0 saturated heterocycles. The van der Waals surface area contributed by atoms with Crippen LogP contribution in [0.5, 0.6) is 0 Å². The van der Waals surface area contributed by atoms with Gasteiger partial charge in [-0.05, 0) is 95.3 Å². The van der Waals surface area contributed by atoms with Gasteiger partial charge in [-0.1, -0.05) is 364 Å². The summed E-state index contributed by atoms with van der Waals surface area (Å²) in [5.74, 6) is 0. The quantitative estimate of drug-likeness (QED) is 0.109. The molecule has 0 amide bonds. The van der Waals surface area contributed by atoms with Crippen molar-refractivity contribution < 1.29 is 36.3 Å². The summed E-state index contributed by atoms with van der Waals surface area (Å²) in [6.45, 7) is 0. The summed E-state index contributed by atoms with van der Waals surface area (Å²) in [5, 5.41) is 16.8. The van der Waals surface area contributed by atoms with E-state index in [1.165, 1.54) is 63.7 Å². The first-order chi connectivity index (χ1) is 40.6. The van der Waals surface area contributed by atoms with E-state index in [1.807, 2.05) is 0 Å². The molecule has 0 radical (unpaired) electrons. The van der Waals surface area contributed by atoms with E-state index in [1.54, 1.807) is 0 Å². The van der Waals surface area contributed by atoms with Gasteiger partial charge in [0.15, 0.2) is 0 Å². The van der Waals surface area contributed by atoms with Crippen molar-refractivity contribution >= 4 is 134 Å². The number of halogens is 4. The SMILES string of the molecule is O.[Cl][Os][Cl].[Cl][Os][Cl].c1ccc(P(c2ccccc2)c2ccccc2)cc1.c1ccc(P(c2ccccc2)c2ccccc2)cc1.c1ccc(P(c2ccccc2)c2ccccc2)cc1.c1ccc(P(c2ccccc2)c2ccccc2)cc1. The fourth-order valence-electron chi connectivity index (χ4n) is 8.71. The molecule has 83 heavy (non-hydrogen) atoms. The molecule has 0 fully saturated rings. The second kappa shape index (κ2) is 40.1. The summed E-state index contributed by atoms with van der Waals surface area (Å²) >= 11 is -1.28. The zero-order valence-electron chi connectivity index (χ0n) is 45.1. The summed E-state index contributed by atoms with van der Waals surface area (Å²) in [6.07, 6.45) is 0. The molecule has 0 atom stereocenters. The Labute approximate surface area is 529 Å². The maximum absolute atomic E-state index is 4.90. The normalized spacial score (nSPS) is 10.2. The summed E-state index contributed by atoms with van der Waals surface area (Å²) in [5.41, 5.74) is 0. The average molecular weight is 1590 g/mol. The molecule has 0 aromatic heterocycles. The fourth-order valence-corrected chi connectivity index (χ4v) is 17.9. The molecule has 0 spiro atoms. The number of rotatable bonds is 12. The van der Waals surface area contributed by atoms with E-state index < -0.39 is 62.5 Å². The first-order valence-electron chi connectivity index (χ1n) is 26.1. The van der Waals surface area contributed by atoms with E-state index in [-0.39, 0.29) is 5.48 Å². The van der Waals surface area contributed by atoms with Crippen LogP contribution in [0.25, 0.3) is 0 Å². The minimum absolute atomic E-state index is 0.